The van der Waals surface area contributed by atoms with Crippen molar-refractivity contribution < 1.29 is 9.21 Å². The molecule has 1 atom stereocenters. The molecule has 2 aromatic heterocycles. The molecule has 1 unspecified atom stereocenters. The van der Waals surface area contributed by atoms with E-state index in [9.17, 15) is 4.79 Å². The second-order valence-electron chi connectivity index (χ2n) is 8.43. The van der Waals surface area contributed by atoms with Crippen molar-refractivity contribution in [1.29, 1.82) is 0 Å². The number of carbonyl (C=O) groups excluding carboxylic acids is 1. The number of likely N-dealkylation sites (tertiary alicyclic amines) is 2. The molecule has 156 valence electrons. The molecule has 4 heterocycles. The Hall–Kier alpha value is -2.18. The van der Waals surface area contributed by atoms with Crippen LogP contribution in [0.15, 0.2) is 41.1 Å². The van der Waals surface area contributed by atoms with Gasteiger partial charge in [-0.15, -0.1) is 0 Å². The van der Waals surface area contributed by atoms with E-state index in [2.05, 4.69) is 26.2 Å². The maximum absolute atomic E-state index is 12.7. The summed E-state index contributed by atoms with van der Waals surface area (Å²) in [6.45, 7) is 7.63. The molecule has 2 aliphatic rings. The lowest BCUT2D eigenvalue weighted by atomic mass is 9.93. The van der Waals surface area contributed by atoms with Gasteiger partial charge in [0.05, 0.1) is 12.5 Å². The highest BCUT2D eigenvalue weighted by molar-refractivity contribution is 5.78. The van der Waals surface area contributed by atoms with Crippen molar-refractivity contribution in [3.8, 4) is 0 Å². The molecule has 2 aliphatic heterocycles. The number of nitrogens with zero attached hydrogens (tertiary/aromatic N) is 3. The van der Waals surface area contributed by atoms with Gasteiger partial charge in [0.15, 0.2) is 0 Å². The van der Waals surface area contributed by atoms with Crippen LogP contribution in [0.2, 0.25) is 0 Å². The Morgan fingerprint density at radius 1 is 1.21 bits per heavy atom. The lowest BCUT2D eigenvalue weighted by molar-refractivity contribution is -0.127. The third-order valence-corrected chi connectivity index (χ3v) is 6.26. The number of nitrogens with one attached hydrogen (secondary N) is 1. The predicted molar refractivity (Wildman–Crippen MR) is 112 cm³/mol. The number of piperidine rings is 2. The van der Waals surface area contributed by atoms with E-state index in [1.165, 1.54) is 18.4 Å². The number of aryl methyl sites for hydroxylation is 1. The fraction of sp³-hybridized carbons (Fsp3) is 0.565. The summed E-state index contributed by atoms with van der Waals surface area (Å²) >= 11 is 0. The van der Waals surface area contributed by atoms with Gasteiger partial charge in [-0.2, -0.15) is 0 Å². The van der Waals surface area contributed by atoms with E-state index in [0.717, 1.165) is 57.1 Å². The van der Waals surface area contributed by atoms with Gasteiger partial charge in [0, 0.05) is 31.5 Å². The number of hydrogen-bond donors (Lipinski definition) is 1. The van der Waals surface area contributed by atoms with Crippen LogP contribution in [-0.4, -0.2) is 52.9 Å². The van der Waals surface area contributed by atoms with Crippen LogP contribution < -0.4 is 5.32 Å². The SMILES string of the molecule is Cc1ccc(CNC(=O)C2CCCN(C3CCN(Cc4cccnc4)CC3)C2)o1. The molecule has 0 radical (unpaired) electrons. The maximum atomic E-state index is 12.7. The largest absolute Gasteiger partial charge is 0.465 e. The van der Waals surface area contributed by atoms with Crippen LogP contribution in [0.3, 0.4) is 0 Å². The van der Waals surface area contributed by atoms with Gasteiger partial charge in [-0.05, 0) is 76.0 Å². The Morgan fingerprint density at radius 3 is 2.79 bits per heavy atom. The average Bonchev–Trinajstić information content (AvgIpc) is 3.18. The first-order valence-corrected chi connectivity index (χ1v) is 10.9. The molecule has 1 N–H and O–H groups in total. The van der Waals surface area contributed by atoms with Gasteiger partial charge in [-0.3, -0.25) is 19.6 Å². The van der Waals surface area contributed by atoms with Gasteiger partial charge >= 0.3 is 0 Å². The zero-order chi connectivity index (χ0) is 20.1. The number of carbonyl (C=O) groups is 1. The summed E-state index contributed by atoms with van der Waals surface area (Å²) in [5, 5.41) is 3.07. The lowest BCUT2D eigenvalue weighted by Crippen LogP contribution is -2.50. The molecule has 2 saturated heterocycles. The summed E-state index contributed by atoms with van der Waals surface area (Å²) in [4.78, 5) is 22.0. The second kappa shape index (κ2) is 9.55. The second-order valence-corrected chi connectivity index (χ2v) is 8.43. The average molecular weight is 397 g/mol. The highest BCUT2D eigenvalue weighted by Gasteiger charge is 2.31. The van der Waals surface area contributed by atoms with Gasteiger partial charge < -0.3 is 9.73 Å². The Labute approximate surface area is 173 Å². The van der Waals surface area contributed by atoms with Crippen LogP contribution in [0.1, 0.15) is 42.8 Å². The zero-order valence-electron chi connectivity index (χ0n) is 17.3. The minimum atomic E-state index is 0.0910. The summed E-state index contributed by atoms with van der Waals surface area (Å²) in [5.74, 6) is 1.96. The first-order valence-electron chi connectivity index (χ1n) is 10.9. The van der Waals surface area contributed by atoms with Crippen LogP contribution >= 0.6 is 0 Å². The Balaban J connectivity index is 1.23. The third kappa shape index (κ3) is 5.46. The summed E-state index contributed by atoms with van der Waals surface area (Å²) in [7, 11) is 0. The predicted octanol–water partition coefficient (Wildman–Crippen LogP) is 2.98. The number of pyridine rings is 1. The molecule has 4 rings (SSSR count). The summed E-state index contributed by atoms with van der Waals surface area (Å²) in [5.41, 5.74) is 1.28. The molecule has 29 heavy (non-hydrogen) atoms. The van der Waals surface area contributed by atoms with Crippen molar-refractivity contribution in [3.05, 3.63) is 53.7 Å². The number of furan rings is 1. The molecular formula is C23H32N4O2. The Kier molecular flexibility index (Phi) is 6.62. The minimum absolute atomic E-state index is 0.0910. The molecule has 1 amide bonds. The van der Waals surface area contributed by atoms with Gasteiger partial charge in [-0.25, -0.2) is 0 Å². The van der Waals surface area contributed by atoms with Gasteiger partial charge in [0.2, 0.25) is 5.91 Å². The Bertz CT molecular complexity index is 783. The van der Waals surface area contributed by atoms with E-state index >= 15 is 0 Å². The van der Waals surface area contributed by atoms with E-state index < -0.39 is 0 Å². The summed E-state index contributed by atoms with van der Waals surface area (Å²) < 4.78 is 5.56. The van der Waals surface area contributed by atoms with Crippen LogP contribution in [-0.2, 0) is 17.9 Å². The number of aromatic nitrogens is 1. The molecule has 0 saturated carbocycles. The fourth-order valence-electron chi connectivity index (χ4n) is 4.64. The highest BCUT2D eigenvalue weighted by Crippen LogP contribution is 2.25. The van der Waals surface area contributed by atoms with Crippen molar-refractivity contribution in [1.82, 2.24) is 20.1 Å². The first-order chi connectivity index (χ1) is 14.2. The standard InChI is InChI=1S/C23H32N4O2/c1-18-6-7-22(29-18)15-25-23(28)20-5-3-11-27(17-20)21-8-12-26(13-9-21)16-19-4-2-10-24-14-19/h2,4,6-7,10,14,20-21H,3,5,8-9,11-13,15-17H2,1H3,(H,25,28). The highest BCUT2D eigenvalue weighted by atomic mass is 16.3. The molecule has 0 spiro atoms. The van der Waals surface area contributed by atoms with E-state index in [4.69, 9.17) is 4.42 Å². The Morgan fingerprint density at radius 2 is 2.07 bits per heavy atom. The normalized spacial score (nSPS) is 21.9. The third-order valence-electron chi connectivity index (χ3n) is 6.26. The van der Waals surface area contributed by atoms with Crippen LogP contribution in [0.4, 0.5) is 0 Å². The maximum Gasteiger partial charge on any atom is 0.224 e. The first kappa shape index (κ1) is 20.1. The smallest absolute Gasteiger partial charge is 0.224 e. The zero-order valence-corrected chi connectivity index (χ0v) is 17.3. The van der Waals surface area contributed by atoms with E-state index in [0.29, 0.717) is 12.6 Å². The minimum Gasteiger partial charge on any atom is -0.465 e. The molecule has 2 aromatic rings. The quantitative estimate of drug-likeness (QED) is 0.813. The van der Waals surface area contributed by atoms with Crippen LogP contribution in [0.5, 0.6) is 0 Å². The van der Waals surface area contributed by atoms with E-state index in [1.54, 1.807) is 0 Å². The molecular weight excluding hydrogens is 364 g/mol. The fourth-order valence-corrected chi connectivity index (χ4v) is 4.64. The van der Waals surface area contributed by atoms with Crippen molar-refractivity contribution in [2.45, 2.75) is 51.7 Å². The number of amides is 1. The molecule has 0 aliphatic carbocycles. The van der Waals surface area contributed by atoms with E-state index in [-0.39, 0.29) is 11.8 Å². The van der Waals surface area contributed by atoms with Crippen molar-refractivity contribution in [2.75, 3.05) is 26.2 Å². The van der Waals surface area contributed by atoms with Crippen molar-refractivity contribution in [3.63, 3.8) is 0 Å². The van der Waals surface area contributed by atoms with Gasteiger partial charge in [0.25, 0.3) is 0 Å². The molecule has 6 nitrogen and oxygen atoms in total. The van der Waals surface area contributed by atoms with E-state index in [1.807, 2.05) is 37.5 Å². The molecule has 2 fully saturated rings. The summed E-state index contributed by atoms with van der Waals surface area (Å²) in [6, 6.07) is 8.63. The topological polar surface area (TPSA) is 61.6 Å². The van der Waals surface area contributed by atoms with Crippen molar-refractivity contribution >= 4 is 5.91 Å². The van der Waals surface area contributed by atoms with Gasteiger partial charge in [-0.1, -0.05) is 6.07 Å². The number of hydrogen-bond acceptors (Lipinski definition) is 5. The van der Waals surface area contributed by atoms with Crippen LogP contribution in [0.25, 0.3) is 0 Å². The van der Waals surface area contributed by atoms with Crippen molar-refractivity contribution in [2.24, 2.45) is 5.92 Å². The number of rotatable bonds is 6. The molecule has 0 bridgehead atoms. The monoisotopic (exact) mass is 396 g/mol. The van der Waals surface area contributed by atoms with Crippen LogP contribution in [0, 0.1) is 12.8 Å². The molecule has 0 aromatic carbocycles. The lowest BCUT2D eigenvalue weighted by Gasteiger charge is -2.42. The summed E-state index contributed by atoms with van der Waals surface area (Å²) in [6.07, 6.45) is 8.24. The van der Waals surface area contributed by atoms with Gasteiger partial charge in [0.1, 0.15) is 11.5 Å². The molecule has 6 heteroatoms.